The SMILES string of the molecule is COc1ccc([C@@H]2C3=C(Nc4nnnn42)c2ccccc2O[C@H]3c2ccc(NC(C)=O)cc2)cc1OC. The van der Waals surface area contributed by atoms with Crippen molar-refractivity contribution in [1.82, 2.24) is 20.2 Å². The summed E-state index contributed by atoms with van der Waals surface area (Å²) in [6.45, 7) is 1.48. The van der Waals surface area contributed by atoms with Gasteiger partial charge in [0.05, 0.1) is 19.9 Å². The van der Waals surface area contributed by atoms with E-state index in [1.54, 1.807) is 18.9 Å². The van der Waals surface area contributed by atoms with Crippen LogP contribution in [0.25, 0.3) is 5.70 Å². The van der Waals surface area contributed by atoms with Gasteiger partial charge in [0.15, 0.2) is 11.5 Å². The van der Waals surface area contributed by atoms with E-state index >= 15 is 0 Å². The number of tetrazole rings is 1. The van der Waals surface area contributed by atoms with Gasteiger partial charge in [0, 0.05) is 23.7 Å². The first-order chi connectivity index (χ1) is 18.1. The maximum absolute atomic E-state index is 11.5. The molecule has 0 saturated carbocycles. The van der Waals surface area contributed by atoms with E-state index in [9.17, 15) is 4.79 Å². The van der Waals surface area contributed by atoms with Gasteiger partial charge in [-0.3, -0.25) is 4.79 Å². The van der Waals surface area contributed by atoms with E-state index in [1.165, 1.54) is 6.92 Å². The van der Waals surface area contributed by atoms with Gasteiger partial charge in [-0.2, -0.15) is 4.68 Å². The highest BCUT2D eigenvalue weighted by atomic mass is 16.5. The number of benzene rings is 3. The molecule has 2 N–H and O–H groups in total. The quantitative estimate of drug-likeness (QED) is 0.423. The lowest BCUT2D eigenvalue weighted by Gasteiger charge is -2.38. The molecule has 6 rings (SSSR count). The summed E-state index contributed by atoms with van der Waals surface area (Å²) in [4.78, 5) is 11.5. The Kier molecular flexibility index (Phi) is 5.48. The number of nitrogens with one attached hydrogen (secondary N) is 2. The molecule has 2 aliphatic rings. The first-order valence-electron chi connectivity index (χ1n) is 11.7. The molecule has 0 fully saturated rings. The molecule has 1 amide bonds. The van der Waals surface area contributed by atoms with Crippen LogP contribution in [0.2, 0.25) is 0 Å². The van der Waals surface area contributed by atoms with Crippen LogP contribution in [0.1, 0.15) is 35.8 Å². The van der Waals surface area contributed by atoms with Crippen molar-refractivity contribution in [1.29, 1.82) is 0 Å². The molecule has 1 aromatic heterocycles. The largest absolute Gasteiger partial charge is 0.493 e. The monoisotopic (exact) mass is 496 g/mol. The third-order valence-corrected chi connectivity index (χ3v) is 6.50. The van der Waals surface area contributed by atoms with E-state index in [0.29, 0.717) is 23.1 Å². The number of carbonyl (C=O) groups excluding carboxylic acids is 1. The molecule has 0 radical (unpaired) electrons. The van der Waals surface area contributed by atoms with Crippen LogP contribution in [0.3, 0.4) is 0 Å². The number of fused-ring (bicyclic) bond motifs is 3. The first kappa shape index (κ1) is 22.6. The number of para-hydroxylation sites is 1. The van der Waals surface area contributed by atoms with E-state index in [2.05, 4.69) is 26.2 Å². The van der Waals surface area contributed by atoms with Crippen molar-refractivity contribution in [2.75, 3.05) is 24.9 Å². The minimum absolute atomic E-state index is 0.128. The van der Waals surface area contributed by atoms with Gasteiger partial charge in [0.1, 0.15) is 17.9 Å². The number of anilines is 2. The van der Waals surface area contributed by atoms with Crippen molar-refractivity contribution in [3.05, 3.63) is 89.0 Å². The lowest BCUT2D eigenvalue weighted by Crippen LogP contribution is -2.32. The molecule has 0 unspecified atom stereocenters. The van der Waals surface area contributed by atoms with Crippen molar-refractivity contribution >= 4 is 23.2 Å². The average molecular weight is 497 g/mol. The Bertz CT molecular complexity index is 1530. The van der Waals surface area contributed by atoms with Gasteiger partial charge in [-0.25, -0.2) is 0 Å². The van der Waals surface area contributed by atoms with Crippen molar-refractivity contribution in [2.45, 2.75) is 19.1 Å². The standard InChI is InChI=1S/C27H24N6O4/c1-15(34)28-18-11-8-16(9-12-18)26-23-24(19-6-4-5-7-20(19)37-26)29-27-30-31-32-33(27)25(23)17-10-13-21(35-2)22(14-17)36-3/h4-14,25-26H,1-3H3,(H,28,34)(H,29,30,32)/t25-,26+/m1/s1. The maximum atomic E-state index is 11.5. The average Bonchev–Trinajstić information content (AvgIpc) is 3.39. The molecule has 0 bridgehead atoms. The zero-order chi connectivity index (χ0) is 25.5. The Morgan fingerprint density at radius 2 is 1.76 bits per heavy atom. The summed E-state index contributed by atoms with van der Waals surface area (Å²) in [5, 5.41) is 18.7. The van der Waals surface area contributed by atoms with Crippen LogP contribution < -0.4 is 24.8 Å². The zero-order valence-corrected chi connectivity index (χ0v) is 20.4. The van der Waals surface area contributed by atoms with Gasteiger partial charge in [0.2, 0.25) is 11.9 Å². The Hall–Kier alpha value is -4.86. The minimum atomic E-state index is -0.459. The number of rotatable bonds is 5. The molecule has 2 atom stereocenters. The summed E-state index contributed by atoms with van der Waals surface area (Å²) in [6.07, 6.45) is -0.459. The van der Waals surface area contributed by atoms with Crippen molar-refractivity contribution in [3.63, 3.8) is 0 Å². The summed E-state index contributed by atoms with van der Waals surface area (Å²) in [5.74, 6) is 2.37. The Labute approximate surface area is 212 Å². The highest BCUT2D eigenvalue weighted by Gasteiger charge is 2.41. The van der Waals surface area contributed by atoms with Crippen molar-refractivity contribution in [2.24, 2.45) is 0 Å². The number of aromatic nitrogens is 4. The van der Waals surface area contributed by atoms with E-state index in [4.69, 9.17) is 14.2 Å². The lowest BCUT2D eigenvalue weighted by atomic mass is 9.84. The van der Waals surface area contributed by atoms with Gasteiger partial charge in [0.25, 0.3) is 0 Å². The molecular formula is C27H24N6O4. The fraction of sp³-hybridized carbons (Fsp3) is 0.185. The number of carbonyl (C=O) groups is 1. The molecule has 10 heteroatoms. The zero-order valence-electron chi connectivity index (χ0n) is 20.4. The maximum Gasteiger partial charge on any atom is 0.248 e. The minimum Gasteiger partial charge on any atom is -0.493 e. The predicted molar refractivity (Wildman–Crippen MR) is 137 cm³/mol. The van der Waals surface area contributed by atoms with Crippen LogP contribution in [0.4, 0.5) is 11.6 Å². The summed E-state index contributed by atoms with van der Waals surface area (Å²) >= 11 is 0. The van der Waals surface area contributed by atoms with E-state index in [1.807, 2.05) is 66.7 Å². The summed E-state index contributed by atoms with van der Waals surface area (Å²) in [6, 6.07) is 20.9. The molecule has 3 heterocycles. The van der Waals surface area contributed by atoms with Gasteiger partial charge in [-0.15, -0.1) is 0 Å². The highest BCUT2D eigenvalue weighted by molar-refractivity contribution is 5.89. The van der Waals surface area contributed by atoms with Crippen LogP contribution in [0.5, 0.6) is 17.2 Å². The normalized spacial score (nSPS) is 17.5. The van der Waals surface area contributed by atoms with E-state index in [-0.39, 0.29) is 5.91 Å². The van der Waals surface area contributed by atoms with E-state index in [0.717, 1.165) is 33.7 Å². The third-order valence-electron chi connectivity index (χ3n) is 6.50. The van der Waals surface area contributed by atoms with Crippen LogP contribution in [-0.2, 0) is 4.79 Å². The number of hydrogen-bond donors (Lipinski definition) is 2. The van der Waals surface area contributed by atoms with Gasteiger partial charge < -0.3 is 24.8 Å². The van der Waals surface area contributed by atoms with Crippen LogP contribution in [0, 0.1) is 0 Å². The highest BCUT2D eigenvalue weighted by Crippen LogP contribution is 2.51. The van der Waals surface area contributed by atoms with Crippen molar-refractivity contribution < 1.29 is 19.0 Å². The molecule has 37 heavy (non-hydrogen) atoms. The number of methoxy groups -OCH3 is 2. The van der Waals surface area contributed by atoms with Gasteiger partial charge in [-0.05, 0) is 58.0 Å². The fourth-order valence-corrected chi connectivity index (χ4v) is 4.90. The topological polar surface area (TPSA) is 112 Å². The second-order valence-electron chi connectivity index (χ2n) is 8.72. The lowest BCUT2D eigenvalue weighted by molar-refractivity contribution is -0.114. The third kappa shape index (κ3) is 3.83. The number of hydrogen-bond acceptors (Lipinski definition) is 8. The van der Waals surface area contributed by atoms with Crippen LogP contribution in [-0.4, -0.2) is 40.3 Å². The Morgan fingerprint density at radius 3 is 2.51 bits per heavy atom. The number of ether oxygens (including phenoxy) is 3. The fourth-order valence-electron chi connectivity index (χ4n) is 4.90. The second-order valence-corrected chi connectivity index (χ2v) is 8.72. The number of nitrogens with zero attached hydrogens (tertiary/aromatic N) is 4. The molecule has 4 aromatic rings. The molecule has 0 saturated heterocycles. The smallest absolute Gasteiger partial charge is 0.248 e. The molecule has 186 valence electrons. The van der Waals surface area contributed by atoms with Gasteiger partial charge in [-0.1, -0.05) is 35.4 Å². The van der Waals surface area contributed by atoms with Crippen molar-refractivity contribution in [3.8, 4) is 17.2 Å². The molecular weight excluding hydrogens is 472 g/mol. The van der Waals surface area contributed by atoms with Crippen LogP contribution >= 0.6 is 0 Å². The number of amides is 1. The molecule has 3 aromatic carbocycles. The van der Waals surface area contributed by atoms with Crippen LogP contribution in [0.15, 0.2) is 72.3 Å². The summed E-state index contributed by atoms with van der Waals surface area (Å²) < 4.78 is 19.4. The summed E-state index contributed by atoms with van der Waals surface area (Å²) in [5.41, 5.74) is 5.28. The molecule has 2 aliphatic heterocycles. The molecule has 10 nitrogen and oxygen atoms in total. The van der Waals surface area contributed by atoms with Gasteiger partial charge >= 0.3 is 0 Å². The predicted octanol–water partition coefficient (Wildman–Crippen LogP) is 4.21. The summed E-state index contributed by atoms with van der Waals surface area (Å²) in [7, 11) is 3.21. The Morgan fingerprint density at radius 1 is 1.00 bits per heavy atom. The molecule has 0 spiro atoms. The molecule has 0 aliphatic carbocycles. The second kappa shape index (κ2) is 8.98. The van der Waals surface area contributed by atoms with E-state index < -0.39 is 12.1 Å². The Balaban J connectivity index is 1.55. The first-order valence-corrected chi connectivity index (χ1v) is 11.7.